The van der Waals surface area contributed by atoms with Crippen molar-refractivity contribution in [1.29, 1.82) is 0 Å². The maximum Gasteiger partial charge on any atom is 0.127 e. The van der Waals surface area contributed by atoms with E-state index in [1.54, 1.807) is 7.11 Å². The van der Waals surface area contributed by atoms with E-state index in [-0.39, 0.29) is 6.04 Å². The molecule has 3 nitrogen and oxygen atoms in total. The third kappa shape index (κ3) is 3.41. The largest absolute Gasteiger partial charge is 0.496 e. The van der Waals surface area contributed by atoms with Gasteiger partial charge in [0.1, 0.15) is 11.5 Å². The summed E-state index contributed by atoms with van der Waals surface area (Å²) in [5.41, 5.74) is 1.11. The fourth-order valence-electron chi connectivity index (χ4n) is 2.52. The van der Waals surface area contributed by atoms with Crippen LogP contribution in [0.4, 0.5) is 0 Å². The number of methoxy groups -OCH3 is 1. The van der Waals surface area contributed by atoms with Gasteiger partial charge in [0.05, 0.1) is 19.3 Å². The van der Waals surface area contributed by atoms with E-state index in [9.17, 15) is 0 Å². The van der Waals surface area contributed by atoms with E-state index in [0.717, 1.165) is 29.6 Å². The van der Waals surface area contributed by atoms with Gasteiger partial charge in [-0.1, -0.05) is 25.3 Å². The number of hydrogen-bond donors (Lipinski definition) is 1. The summed E-state index contributed by atoms with van der Waals surface area (Å²) in [5, 5.41) is 3.26. The Morgan fingerprint density at radius 2 is 2.05 bits per heavy atom. The summed E-state index contributed by atoms with van der Waals surface area (Å²) < 4.78 is 11.4. The molecule has 106 valence electrons. The van der Waals surface area contributed by atoms with Crippen molar-refractivity contribution < 1.29 is 9.47 Å². The second kappa shape index (κ2) is 6.80. The van der Waals surface area contributed by atoms with Crippen molar-refractivity contribution in [1.82, 2.24) is 5.32 Å². The highest BCUT2D eigenvalue weighted by atomic mass is 16.5. The first-order chi connectivity index (χ1) is 9.26. The van der Waals surface area contributed by atoms with Crippen molar-refractivity contribution in [3.63, 3.8) is 0 Å². The standard InChI is InChI=1S/C16H25NO2/c1-12(17-2)16-14(18-3)8-5-9-15(16)19-11-10-13-6-4-7-13/h5,8-9,12-13,17H,4,6-7,10-11H2,1-3H3. The number of nitrogens with one attached hydrogen (secondary N) is 1. The second-order valence-corrected chi connectivity index (χ2v) is 5.32. The highest BCUT2D eigenvalue weighted by Gasteiger charge is 2.19. The minimum Gasteiger partial charge on any atom is -0.496 e. The van der Waals surface area contributed by atoms with E-state index in [4.69, 9.17) is 9.47 Å². The van der Waals surface area contributed by atoms with Crippen LogP contribution in [0.2, 0.25) is 0 Å². The summed E-state index contributed by atoms with van der Waals surface area (Å²) in [4.78, 5) is 0. The number of hydrogen-bond acceptors (Lipinski definition) is 3. The maximum absolute atomic E-state index is 5.99. The molecule has 1 aliphatic rings. The molecule has 1 saturated carbocycles. The van der Waals surface area contributed by atoms with Crippen molar-refractivity contribution in [3.05, 3.63) is 23.8 Å². The predicted molar refractivity (Wildman–Crippen MR) is 77.9 cm³/mol. The van der Waals surface area contributed by atoms with E-state index >= 15 is 0 Å². The molecular weight excluding hydrogens is 238 g/mol. The lowest BCUT2D eigenvalue weighted by atomic mass is 9.83. The molecule has 0 spiro atoms. The van der Waals surface area contributed by atoms with Gasteiger partial charge in [0.25, 0.3) is 0 Å². The minimum absolute atomic E-state index is 0.217. The fourth-order valence-corrected chi connectivity index (χ4v) is 2.52. The molecule has 19 heavy (non-hydrogen) atoms. The van der Waals surface area contributed by atoms with Gasteiger partial charge in [-0.2, -0.15) is 0 Å². The Labute approximate surface area is 116 Å². The molecule has 1 fully saturated rings. The third-order valence-electron chi connectivity index (χ3n) is 4.12. The van der Waals surface area contributed by atoms with Gasteiger partial charge >= 0.3 is 0 Å². The van der Waals surface area contributed by atoms with Crippen LogP contribution in [0.5, 0.6) is 11.5 Å². The van der Waals surface area contributed by atoms with Crippen LogP contribution in [0, 0.1) is 5.92 Å². The number of benzene rings is 1. The van der Waals surface area contributed by atoms with Gasteiger partial charge in [-0.15, -0.1) is 0 Å². The molecule has 1 atom stereocenters. The van der Waals surface area contributed by atoms with Crippen LogP contribution in [0.25, 0.3) is 0 Å². The van der Waals surface area contributed by atoms with E-state index in [2.05, 4.69) is 12.2 Å². The molecule has 1 unspecified atom stereocenters. The lowest BCUT2D eigenvalue weighted by Crippen LogP contribution is -2.17. The number of ether oxygens (including phenoxy) is 2. The molecule has 0 aromatic heterocycles. The summed E-state index contributed by atoms with van der Waals surface area (Å²) in [7, 11) is 3.66. The highest BCUT2D eigenvalue weighted by molar-refractivity contribution is 5.46. The molecule has 0 radical (unpaired) electrons. The van der Waals surface area contributed by atoms with Gasteiger partial charge in [0, 0.05) is 6.04 Å². The predicted octanol–water partition coefficient (Wildman–Crippen LogP) is 3.54. The smallest absolute Gasteiger partial charge is 0.127 e. The average Bonchev–Trinajstić information content (AvgIpc) is 2.40. The number of rotatable bonds is 7. The quantitative estimate of drug-likeness (QED) is 0.816. The maximum atomic E-state index is 5.99. The van der Waals surface area contributed by atoms with E-state index in [0.29, 0.717) is 0 Å². The SMILES string of the molecule is CNC(C)c1c(OC)cccc1OCCC1CCC1. The zero-order valence-electron chi connectivity index (χ0n) is 12.2. The third-order valence-corrected chi connectivity index (χ3v) is 4.12. The zero-order valence-corrected chi connectivity index (χ0v) is 12.2. The summed E-state index contributed by atoms with van der Waals surface area (Å²) >= 11 is 0. The Kier molecular flexibility index (Phi) is 5.08. The molecule has 0 bridgehead atoms. The van der Waals surface area contributed by atoms with Crippen molar-refractivity contribution in [2.45, 2.75) is 38.6 Å². The fraction of sp³-hybridized carbons (Fsp3) is 0.625. The van der Waals surface area contributed by atoms with Crippen LogP contribution in [-0.4, -0.2) is 20.8 Å². The molecule has 1 aromatic rings. The molecule has 1 N–H and O–H groups in total. The van der Waals surface area contributed by atoms with Gasteiger partial charge in [-0.25, -0.2) is 0 Å². The lowest BCUT2D eigenvalue weighted by Gasteiger charge is -2.26. The first kappa shape index (κ1) is 14.2. The summed E-state index contributed by atoms with van der Waals surface area (Å²) in [6.45, 7) is 2.93. The van der Waals surface area contributed by atoms with Crippen LogP contribution in [0.3, 0.4) is 0 Å². The van der Waals surface area contributed by atoms with Gasteiger partial charge in [0.15, 0.2) is 0 Å². The monoisotopic (exact) mass is 263 g/mol. The topological polar surface area (TPSA) is 30.5 Å². The molecule has 0 aliphatic heterocycles. The molecule has 0 amide bonds. The van der Waals surface area contributed by atoms with E-state index < -0.39 is 0 Å². The van der Waals surface area contributed by atoms with Crippen LogP contribution in [-0.2, 0) is 0 Å². The molecule has 2 rings (SSSR count). The summed E-state index contributed by atoms with van der Waals surface area (Å²) in [6, 6.07) is 6.23. The van der Waals surface area contributed by atoms with E-state index in [1.165, 1.54) is 25.7 Å². The van der Waals surface area contributed by atoms with Crippen LogP contribution < -0.4 is 14.8 Å². The first-order valence-electron chi connectivity index (χ1n) is 7.23. The molecule has 1 aromatic carbocycles. The minimum atomic E-state index is 0.217. The zero-order chi connectivity index (χ0) is 13.7. The molecule has 1 aliphatic carbocycles. The van der Waals surface area contributed by atoms with Gasteiger partial charge in [-0.3, -0.25) is 0 Å². The Bertz CT molecular complexity index is 402. The van der Waals surface area contributed by atoms with Crippen LogP contribution in [0.1, 0.15) is 44.2 Å². The van der Waals surface area contributed by atoms with Crippen molar-refractivity contribution in [2.24, 2.45) is 5.92 Å². The normalized spacial score (nSPS) is 16.8. The Hall–Kier alpha value is -1.22. The molecular formula is C16H25NO2. The van der Waals surface area contributed by atoms with E-state index in [1.807, 2.05) is 25.2 Å². The Balaban J connectivity index is 2.04. The van der Waals surface area contributed by atoms with Crippen molar-refractivity contribution in [3.8, 4) is 11.5 Å². The molecule has 0 heterocycles. The second-order valence-electron chi connectivity index (χ2n) is 5.32. The molecule has 0 saturated heterocycles. The molecule has 3 heteroatoms. The van der Waals surface area contributed by atoms with Gasteiger partial charge in [-0.05, 0) is 38.4 Å². The van der Waals surface area contributed by atoms with Crippen LogP contribution in [0.15, 0.2) is 18.2 Å². The average molecular weight is 263 g/mol. The summed E-state index contributed by atoms with van der Waals surface area (Å²) in [5.74, 6) is 2.72. The summed E-state index contributed by atoms with van der Waals surface area (Å²) in [6.07, 6.45) is 5.32. The van der Waals surface area contributed by atoms with Crippen molar-refractivity contribution in [2.75, 3.05) is 20.8 Å². The van der Waals surface area contributed by atoms with Gasteiger partial charge < -0.3 is 14.8 Å². The Morgan fingerprint density at radius 1 is 1.32 bits per heavy atom. The van der Waals surface area contributed by atoms with Crippen molar-refractivity contribution >= 4 is 0 Å². The first-order valence-corrected chi connectivity index (χ1v) is 7.23. The van der Waals surface area contributed by atoms with Crippen LogP contribution >= 0.6 is 0 Å². The van der Waals surface area contributed by atoms with Gasteiger partial charge in [0.2, 0.25) is 0 Å². The highest BCUT2D eigenvalue weighted by Crippen LogP contribution is 2.35. The lowest BCUT2D eigenvalue weighted by molar-refractivity contribution is 0.219. The Morgan fingerprint density at radius 3 is 2.63 bits per heavy atom.